The number of pyridine rings is 1. The number of benzene rings is 8. The van der Waals surface area contributed by atoms with Crippen molar-refractivity contribution in [3.05, 3.63) is 207 Å². The summed E-state index contributed by atoms with van der Waals surface area (Å²) in [6, 6.07) is 69.1. The van der Waals surface area contributed by atoms with Gasteiger partial charge in [0.15, 0.2) is 17.5 Å². The van der Waals surface area contributed by atoms with Crippen LogP contribution in [0.15, 0.2) is 207 Å². The van der Waals surface area contributed by atoms with Crippen LogP contribution in [0.3, 0.4) is 0 Å². The van der Waals surface area contributed by atoms with Gasteiger partial charge in [-0.2, -0.15) is 0 Å². The minimum Gasteiger partial charge on any atom is -0.264 e. The first kappa shape index (κ1) is 36.2. The Hall–Kier alpha value is -7.64. The summed E-state index contributed by atoms with van der Waals surface area (Å²) in [4.78, 5) is 20.3. The molecule has 0 amide bonds. The molecule has 0 spiro atoms. The van der Waals surface area contributed by atoms with E-state index in [1.165, 1.54) is 40.3 Å². The third-order valence-corrected chi connectivity index (χ3v) is 13.9. The molecule has 0 aliphatic heterocycles. The van der Waals surface area contributed by atoms with E-state index >= 15 is 0 Å². The lowest BCUT2D eigenvalue weighted by Gasteiger charge is -2.14. The molecule has 4 nitrogen and oxygen atoms in total. The van der Waals surface area contributed by atoms with Crippen molar-refractivity contribution in [2.75, 3.05) is 0 Å². The first-order chi connectivity index (χ1) is 30.7. The van der Waals surface area contributed by atoms with Gasteiger partial charge in [0.25, 0.3) is 0 Å². The lowest BCUT2D eigenvalue weighted by molar-refractivity contribution is 1.07. The van der Waals surface area contributed by atoms with Crippen molar-refractivity contribution < 1.29 is 0 Å². The minimum atomic E-state index is 0.598. The number of rotatable bonds is 7. The Bertz CT molecular complexity index is 3500. The molecule has 62 heavy (non-hydrogen) atoms. The van der Waals surface area contributed by atoms with Crippen molar-refractivity contribution in [1.29, 1.82) is 0 Å². The molecule has 0 atom stereocenters. The molecule has 0 bridgehead atoms. The average molecular weight is 827 g/mol. The lowest BCUT2D eigenvalue weighted by atomic mass is 9.94. The Kier molecular flexibility index (Phi) is 8.84. The molecular weight excluding hydrogens is 793 g/mol. The summed E-state index contributed by atoms with van der Waals surface area (Å²) >= 11 is 3.67. The number of hydrogen-bond acceptors (Lipinski definition) is 6. The van der Waals surface area contributed by atoms with Crippen LogP contribution < -0.4 is 0 Å². The summed E-state index contributed by atoms with van der Waals surface area (Å²) in [5.41, 5.74) is 11.5. The van der Waals surface area contributed by atoms with Gasteiger partial charge in [0, 0.05) is 75.0 Å². The Balaban J connectivity index is 1.08. The predicted molar refractivity (Wildman–Crippen MR) is 261 cm³/mol. The normalized spacial score (nSPS) is 11.5. The Morgan fingerprint density at radius 2 is 0.742 bits per heavy atom. The quantitative estimate of drug-likeness (QED) is 0.161. The highest BCUT2D eigenvalue weighted by molar-refractivity contribution is 7.26. The highest BCUT2D eigenvalue weighted by atomic mass is 32.1. The van der Waals surface area contributed by atoms with Gasteiger partial charge < -0.3 is 0 Å². The molecule has 6 heteroatoms. The van der Waals surface area contributed by atoms with Crippen molar-refractivity contribution in [3.8, 4) is 78.7 Å². The largest absolute Gasteiger partial charge is 0.264 e. The Morgan fingerprint density at radius 1 is 0.274 bits per heavy atom. The number of thiophene rings is 2. The maximum Gasteiger partial charge on any atom is 0.164 e. The zero-order valence-electron chi connectivity index (χ0n) is 33.2. The van der Waals surface area contributed by atoms with E-state index in [-0.39, 0.29) is 0 Å². The van der Waals surface area contributed by atoms with Crippen LogP contribution in [0.5, 0.6) is 0 Å². The number of aromatic nitrogens is 4. The van der Waals surface area contributed by atoms with Crippen LogP contribution in [0.25, 0.3) is 119 Å². The van der Waals surface area contributed by atoms with Crippen molar-refractivity contribution in [3.63, 3.8) is 0 Å². The molecule has 290 valence electrons. The first-order valence-electron chi connectivity index (χ1n) is 20.6. The predicted octanol–water partition coefficient (Wildman–Crippen LogP) is 15.7. The second-order valence-corrected chi connectivity index (χ2v) is 17.6. The van der Waals surface area contributed by atoms with Gasteiger partial charge in [-0.25, -0.2) is 15.0 Å². The fourth-order valence-electron chi connectivity index (χ4n) is 8.55. The smallest absolute Gasteiger partial charge is 0.164 e. The molecule has 4 aromatic heterocycles. The van der Waals surface area contributed by atoms with Gasteiger partial charge in [-0.1, -0.05) is 133 Å². The summed E-state index contributed by atoms with van der Waals surface area (Å²) < 4.78 is 5.13. The second kappa shape index (κ2) is 15.1. The summed E-state index contributed by atoms with van der Waals surface area (Å²) in [5, 5.41) is 5.07. The van der Waals surface area contributed by atoms with E-state index in [1.807, 2.05) is 53.1 Å². The molecule has 0 aliphatic carbocycles. The highest BCUT2D eigenvalue weighted by Crippen LogP contribution is 2.41. The average Bonchev–Trinajstić information content (AvgIpc) is 3.92. The second-order valence-electron chi connectivity index (χ2n) is 15.5. The molecular formula is C56H34N4S2. The van der Waals surface area contributed by atoms with E-state index in [0.717, 1.165) is 61.2 Å². The first-order valence-corrected chi connectivity index (χ1v) is 22.2. The highest BCUT2D eigenvalue weighted by Gasteiger charge is 2.18. The molecule has 0 fully saturated rings. The number of nitrogens with zero attached hydrogens (tertiary/aromatic N) is 4. The number of fused-ring (bicyclic) bond motifs is 6. The van der Waals surface area contributed by atoms with Gasteiger partial charge in [0.05, 0.1) is 0 Å². The summed E-state index contributed by atoms with van der Waals surface area (Å²) in [5.74, 6) is 1.81. The van der Waals surface area contributed by atoms with Crippen LogP contribution in [0.1, 0.15) is 0 Å². The molecule has 12 aromatic rings. The molecule has 4 heterocycles. The maximum absolute atomic E-state index is 5.35. The molecule has 0 saturated heterocycles. The van der Waals surface area contributed by atoms with E-state index in [2.05, 4.69) is 175 Å². The van der Waals surface area contributed by atoms with E-state index in [4.69, 9.17) is 15.0 Å². The fourth-order valence-corrected chi connectivity index (χ4v) is 10.7. The van der Waals surface area contributed by atoms with Crippen molar-refractivity contribution >= 4 is 63.0 Å². The molecule has 0 saturated carbocycles. The Labute approximate surface area is 366 Å². The molecule has 0 radical (unpaired) electrons. The van der Waals surface area contributed by atoms with E-state index in [1.54, 1.807) is 6.20 Å². The zero-order valence-corrected chi connectivity index (χ0v) is 34.9. The molecule has 0 N–H and O–H groups in total. The van der Waals surface area contributed by atoms with E-state index < -0.39 is 0 Å². The number of hydrogen-bond donors (Lipinski definition) is 0. The van der Waals surface area contributed by atoms with E-state index in [9.17, 15) is 0 Å². The molecule has 8 aromatic carbocycles. The summed E-state index contributed by atoms with van der Waals surface area (Å²) in [6.07, 6.45) is 3.69. The summed E-state index contributed by atoms with van der Waals surface area (Å²) in [7, 11) is 0. The van der Waals surface area contributed by atoms with Crippen LogP contribution in [0.2, 0.25) is 0 Å². The Morgan fingerprint density at radius 3 is 1.37 bits per heavy atom. The van der Waals surface area contributed by atoms with Crippen LogP contribution >= 0.6 is 22.7 Å². The maximum atomic E-state index is 5.35. The van der Waals surface area contributed by atoms with Gasteiger partial charge >= 0.3 is 0 Å². The monoisotopic (exact) mass is 826 g/mol. The van der Waals surface area contributed by atoms with Gasteiger partial charge in [-0.3, -0.25) is 4.98 Å². The van der Waals surface area contributed by atoms with Crippen molar-refractivity contribution in [1.82, 2.24) is 19.9 Å². The van der Waals surface area contributed by atoms with Gasteiger partial charge in [0.2, 0.25) is 0 Å². The molecule has 0 aliphatic rings. The van der Waals surface area contributed by atoms with Crippen LogP contribution in [-0.2, 0) is 0 Å². The standard InChI is InChI=1S/C56H34N4S2/c1-2-11-35(12-3-1)36-20-22-37(23-21-36)54-58-55(60-56(59-54)47-17-5-4-14-44(47)40-13-10-28-57-34-40)43-30-41(38-24-26-52-48(32-38)45-15-6-8-18-50(45)61-52)29-42(31-43)39-25-27-53-49(33-39)46-16-7-9-19-51(46)62-53/h1-34H. The summed E-state index contributed by atoms with van der Waals surface area (Å²) in [6.45, 7) is 0. The van der Waals surface area contributed by atoms with E-state index in [0.29, 0.717) is 17.5 Å². The van der Waals surface area contributed by atoms with Gasteiger partial charge in [-0.05, 0) is 99.6 Å². The third-order valence-electron chi connectivity index (χ3n) is 11.6. The lowest BCUT2D eigenvalue weighted by Crippen LogP contribution is -2.01. The fraction of sp³-hybridized carbons (Fsp3) is 0. The molecule has 0 unspecified atom stereocenters. The SMILES string of the molecule is c1ccc(-c2ccc(-c3nc(-c4cc(-c5ccc6sc7ccccc7c6c5)cc(-c5ccc6sc7ccccc7c6c5)c4)nc(-c4ccccc4-c4cccnc4)n3)cc2)cc1. The zero-order chi connectivity index (χ0) is 41.0. The van der Waals surface area contributed by atoms with Crippen molar-refractivity contribution in [2.24, 2.45) is 0 Å². The molecule has 12 rings (SSSR count). The van der Waals surface area contributed by atoms with Crippen LogP contribution in [0.4, 0.5) is 0 Å². The van der Waals surface area contributed by atoms with Crippen molar-refractivity contribution in [2.45, 2.75) is 0 Å². The van der Waals surface area contributed by atoms with Crippen LogP contribution in [-0.4, -0.2) is 19.9 Å². The third kappa shape index (κ3) is 6.54. The van der Waals surface area contributed by atoms with Gasteiger partial charge in [-0.15, -0.1) is 22.7 Å². The minimum absolute atomic E-state index is 0.598. The van der Waals surface area contributed by atoms with Gasteiger partial charge in [0.1, 0.15) is 0 Å². The topological polar surface area (TPSA) is 51.6 Å². The van der Waals surface area contributed by atoms with Crippen LogP contribution in [0, 0.1) is 0 Å².